The molecule has 0 saturated carbocycles. The van der Waals surface area contributed by atoms with Crippen LogP contribution in [0.15, 0.2) is 52.3 Å². The van der Waals surface area contributed by atoms with Gasteiger partial charge in [-0.3, -0.25) is 9.78 Å². The third-order valence-electron chi connectivity index (χ3n) is 4.07. The van der Waals surface area contributed by atoms with Gasteiger partial charge in [0.2, 0.25) is 10.0 Å². The Kier molecular flexibility index (Phi) is 6.95. The molecular formula is C19H20N2O4S3. The third kappa shape index (κ3) is 5.71. The molecule has 148 valence electrons. The third-order valence-corrected chi connectivity index (χ3v) is 8.16. The van der Waals surface area contributed by atoms with Crippen molar-refractivity contribution in [3.05, 3.63) is 69.0 Å². The topological polar surface area (TPSA) is 96.4 Å². The number of thiophene rings is 2. The van der Waals surface area contributed by atoms with E-state index in [0.29, 0.717) is 23.5 Å². The minimum absolute atomic E-state index is 0.0806. The summed E-state index contributed by atoms with van der Waals surface area (Å²) in [4.78, 5) is 17.1. The Morgan fingerprint density at radius 1 is 1.21 bits per heavy atom. The number of hydrogen-bond donors (Lipinski definition) is 2. The molecule has 3 rings (SSSR count). The van der Waals surface area contributed by atoms with Gasteiger partial charge in [-0.1, -0.05) is 12.1 Å². The van der Waals surface area contributed by atoms with Gasteiger partial charge in [0.05, 0.1) is 6.42 Å². The molecule has 0 aliphatic carbocycles. The Morgan fingerprint density at radius 2 is 2.07 bits per heavy atom. The number of sulfonamides is 1. The maximum Gasteiger partial charge on any atom is 0.303 e. The summed E-state index contributed by atoms with van der Waals surface area (Å²) < 4.78 is 27.5. The van der Waals surface area contributed by atoms with Crippen molar-refractivity contribution >= 4 is 38.7 Å². The van der Waals surface area contributed by atoms with Crippen molar-refractivity contribution in [2.75, 3.05) is 6.54 Å². The number of hydrogen-bond acceptors (Lipinski definition) is 6. The molecule has 3 aromatic heterocycles. The number of aliphatic carboxylic acids is 1. The maximum atomic E-state index is 12.3. The number of rotatable bonds is 10. The summed E-state index contributed by atoms with van der Waals surface area (Å²) in [7, 11) is -3.49. The standard InChI is InChI=1S/C19H20N2O4S3/c22-18(23)6-5-16-12-15(17(27-16)11-14-3-1-8-20-13-14)7-9-21-28(24,25)19-4-2-10-26-19/h1-4,8,10,12-13,21H,5-7,9,11H2,(H,22,23). The fourth-order valence-corrected chi connectivity index (χ4v) is 6.06. The van der Waals surface area contributed by atoms with Gasteiger partial charge in [-0.25, -0.2) is 13.1 Å². The van der Waals surface area contributed by atoms with Gasteiger partial charge in [-0.15, -0.1) is 22.7 Å². The Balaban J connectivity index is 1.71. The zero-order valence-corrected chi connectivity index (χ0v) is 17.4. The van der Waals surface area contributed by atoms with Gasteiger partial charge in [0.1, 0.15) is 4.21 Å². The largest absolute Gasteiger partial charge is 0.481 e. The lowest BCUT2D eigenvalue weighted by Crippen LogP contribution is -2.25. The number of carboxylic acids is 1. The highest BCUT2D eigenvalue weighted by molar-refractivity contribution is 7.91. The molecule has 0 spiro atoms. The fraction of sp³-hybridized carbons (Fsp3) is 0.263. The number of nitrogens with one attached hydrogen (secondary N) is 1. The number of carboxylic acid groups (broad SMARTS) is 1. The van der Waals surface area contributed by atoms with E-state index in [0.717, 1.165) is 20.9 Å². The first-order chi connectivity index (χ1) is 13.4. The van der Waals surface area contributed by atoms with E-state index in [-0.39, 0.29) is 13.0 Å². The molecular weight excluding hydrogens is 416 g/mol. The van der Waals surface area contributed by atoms with Gasteiger partial charge in [0.15, 0.2) is 0 Å². The van der Waals surface area contributed by atoms with Crippen molar-refractivity contribution < 1.29 is 18.3 Å². The highest BCUT2D eigenvalue weighted by Gasteiger charge is 2.16. The molecule has 0 unspecified atom stereocenters. The maximum absolute atomic E-state index is 12.3. The van der Waals surface area contributed by atoms with E-state index in [4.69, 9.17) is 5.11 Å². The van der Waals surface area contributed by atoms with Crippen molar-refractivity contribution in [3.63, 3.8) is 0 Å². The van der Waals surface area contributed by atoms with Crippen LogP contribution in [0.1, 0.15) is 27.3 Å². The molecule has 3 aromatic rings. The smallest absolute Gasteiger partial charge is 0.303 e. The van der Waals surface area contributed by atoms with Gasteiger partial charge in [0, 0.05) is 35.1 Å². The number of pyridine rings is 1. The minimum Gasteiger partial charge on any atom is -0.481 e. The van der Waals surface area contributed by atoms with Crippen molar-refractivity contribution in [1.29, 1.82) is 0 Å². The van der Waals surface area contributed by atoms with E-state index in [1.165, 1.54) is 11.3 Å². The van der Waals surface area contributed by atoms with Crippen LogP contribution in [0.3, 0.4) is 0 Å². The Labute approximate surface area is 172 Å². The quantitative estimate of drug-likeness (QED) is 0.508. The second-order valence-corrected chi connectivity index (χ2v) is 10.3. The van der Waals surface area contributed by atoms with Crippen molar-refractivity contribution in [1.82, 2.24) is 9.71 Å². The van der Waals surface area contributed by atoms with Crippen LogP contribution in [0, 0.1) is 0 Å². The predicted octanol–water partition coefficient (Wildman–Crippen LogP) is 3.33. The summed E-state index contributed by atoms with van der Waals surface area (Å²) in [5.41, 5.74) is 2.11. The van der Waals surface area contributed by atoms with Crippen LogP contribution in [-0.4, -0.2) is 31.0 Å². The van der Waals surface area contributed by atoms with Crippen LogP contribution in [-0.2, 0) is 34.1 Å². The zero-order valence-electron chi connectivity index (χ0n) is 15.0. The first-order valence-electron chi connectivity index (χ1n) is 8.68. The Morgan fingerprint density at radius 3 is 2.75 bits per heavy atom. The van der Waals surface area contributed by atoms with E-state index in [9.17, 15) is 13.2 Å². The van der Waals surface area contributed by atoms with Crippen molar-refractivity contribution in [2.45, 2.75) is 29.9 Å². The van der Waals surface area contributed by atoms with E-state index < -0.39 is 16.0 Å². The van der Waals surface area contributed by atoms with Crippen LogP contribution in [0.4, 0.5) is 0 Å². The van der Waals surface area contributed by atoms with Crippen LogP contribution in [0.25, 0.3) is 0 Å². The zero-order chi connectivity index (χ0) is 20.0. The number of aromatic nitrogens is 1. The molecule has 0 amide bonds. The van der Waals surface area contributed by atoms with Crippen LogP contribution < -0.4 is 4.72 Å². The Hall–Kier alpha value is -2.07. The first kappa shape index (κ1) is 20.7. The van der Waals surface area contributed by atoms with Crippen LogP contribution >= 0.6 is 22.7 Å². The molecule has 6 nitrogen and oxygen atoms in total. The monoisotopic (exact) mass is 436 g/mol. The van der Waals surface area contributed by atoms with Crippen molar-refractivity contribution in [2.24, 2.45) is 0 Å². The summed E-state index contributed by atoms with van der Waals surface area (Å²) in [5.74, 6) is -0.826. The average molecular weight is 437 g/mol. The van der Waals surface area contributed by atoms with Gasteiger partial charge in [0.25, 0.3) is 0 Å². The number of nitrogens with zero attached hydrogens (tertiary/aromatic N) is 1. The lowest BCUT2D eigenvalue weighted by molar-refractivity contribution is -0.136. The Bertz CT molecular complexity index is 1010. The molecule has 0 saturated heterocycles. The summed E-state index contributed by atoms with van der Waals surface area (Å²) in [6.45, 7) is 0.287. The SMILES string of the molecule is O=C(O)CCc1cc(CCNS(=O)(=O)c2cccs2)c(Cc2cccnc2)s1. The van der Waals surface area contributed by atoms with Crippen LogP contribution in [0.2, 0.25) is 0 Å². The van der Waals surface area contributed by atoms with E-state index >= 15 is 0 Å². The van der Waals surface area contributed by atoms with Gasteiger partial charge in [-0.2, -0.15) is 0 Å². The number of aryl methyl sites for hydroxylation is 1. The van der Waals surface area contributed by atoms with E-state index in [1.807, 2.05) is 18.2 Å². The molecule has 0 aromatic carbocycles. The molecule has 0 aliphatic heterocycles. The predicted molar refractivity (Wildman–Crippen MR) is 111 cm³/mol. The lowest BCUT2D eigenvalue weighted by Gasteiger charge is -2.06. The fourth-order valence-electron chi connectivity index (χ4n) is 2.74. The molecule has 28 heavy (non-hydrogen) atoms. The van der Waals surface area contributed by atoms with Gasteiger partial charge >= 0.3 is 5.97 Å². The molecule has 9 heteroatoms. The summed E-state index contributed by atoms with van der Waals surface area (Å²) in [6.07, 6.45) is 5.32. The van der Waals surface area contributed by atoms with Crippen LogP contribution in [0.5, 0.6) is 0 Å². The average Bonchev–Trinajstić information content (AvgIpc) is 3.32. The molecule has 3 heterocycles. The summed E-state index contributed by atoms with van der Waals surface area (Å²) >= 11 is 2.77. The van der Waals surface area contributed by atoms with E-state index in [1.54, 1.807) is 41.2 Å². The second kappa shape index (κ2) is 9.42. The van der Waals surface area contributed by atoms with Gasteiger partial charge in [-0.05, 0) is 47.5 Å². The van der Waals surface area contributed by atoms with E-state index in [2.05, 4.69) is 9.71 Å². The summed E-state index contributed by atoms with van der Waals surface area (Å²) in [6, 6.07) is 9.16. The molecule has 0 bridgehead atoms. The number of carbonyl (C=O) groups is 1. The molecule has 0 radical (unpaired) electrons. The minimum atomic E-state index is -3.49. The molecule has 0 fully saturated rings. The lowest BCUT2D eigenvalue weighted by atomic mass is 10.1. The highest BCUT2D eigenvalue weighted by Crippen LogP contribution is 2.27. The second-order valence-electron chi connectivity index (χ2n) is 6.17. The molecule has 0 aliphatic rings. The van der Waals surface area contributed by atoms with Crippen molar-refractivity contribution in [3.8, 4) is 0 Å². The normalized spacial score (nSPS) is 11.6. The highest BCUT2D eigenvalue weighted by atomic mass is 32.2. The first-order valence-corrected chi connectivity index (χ1v) is 11.9. The molecule has 0 atom stereocenters. The summed E-state index contributed by atoms with van der Waals surface area (Å²) in [5, 5.41) is 10.7. The van der Waals surface area contributed by atoms with Gasteiger partial charge < -0.3 is 5.11 Å². The molecule has 2 N–H and O–H groups in total.